The number of hydrogen-bond acceptors (Lipinski definition) is 2. The molecule has 2 heteroatoms. The molecule has 2 aliphatic rings. The number of benzene rings is 1. The third kappa shape index (κ3) is 1.94. The monoisotopic (exact) mass is 238 g/mol. The van der Waals surface area contributed by atoms with E-state index in [2.05, 4.69) is 19.1 Å². The zero-order valence-electron chi connectivity index (χ0n) is 10.2. The Hall–Kier alpha value is -1.96. The van der Waals surface area contributed by atoms with E-state index in [1.165, 1.54) is 30.2 Å². The fraction of sp³-hybridized carbons (Fsp3) is 0.250. The van der Waals surface area contributed by atoms with Gasteiger partial charge in [-0.05, 0) is 47.6 Å². The molecule has 18 heavy (non-hydrogen) atoms. The molecule has 0 N–H and O–H groups in total. The summed E-state index contributed by atoms with van der Waals surface area (Å²) in [5, 5.41) is 0. The molecule has 1 aromatic carbocycles. The van der Waals surface area contributed by atoms with Gasteiger partial charge in [0.25, 0.3) is 0 Å². The molecular weight excluding hydrogens is 224 g/mol. The van der Waals surface area contributed by atoms with Crippen LogP contribution in [0.5, 0.6) is 0 Å². The van der Waals surface area contributed by atoms with Crippen LogP contribution in [0.2, 0.25) is 0 Å². The Bertz CT molecular complexity index is 576. The van der Waals surface area contributed by atoms with Gasteiger partial charge in [-0.3, -0.25) is 9.59 Å². The lowest BCUT2D eigenvalue weighted by Crippen LogP contribution is -2.06. The summed E-state index contributed by atoms with van der Waals surface area (Å²) in [6, 6.07) is 8.02. The smallest absolute Gasteiger partial charge is 0.186 e. The average Bonchev–Trinajstić information content (AvgIpc) is 3.10. The minimum Gasteiger partial charge on any atom is -0.290 e. The Morgan fingerprint density at radius 3 is 2.33 bits per heavy atom. The Labute approximate surface area is 106 Å². The van der Waals surface area contributed by atoms with Gasteiger partial charge >= 0.3 is 0 Å². The Kier molecular flexibility index (Phi) is 2.51. The van der Waals surface area contributed by atoms with E-state index < -0.39 is 0 Å². The SMILES string of the molecule is CC1CC1c1ccc(C2=CC(=O)C=CC2=O)cc1. The molecule has 1 fully saturated rings. The summed E-state index contributed by atoms with van der Waals surface area (Å²) in [5.74, 6) is 1.24. The maximum Gasteiger partial charge on any atom is 0.186 e. The molecule has 0 saturated heterocycles. The summed E-state index contributed by atoms with van der Waals surface area (Å²) in [6.45, 7) is 2.25. The minimum atomic E-state index is -0.121. The van der Waals surface area contributed by atoms with Crippen molar-refractivity contribution in [2.45, 2.75) is 19.3 Å². The topological polar surface area (TPSA) is 34.1 Å². The number of rotatable bonds is 2. The van der Waals surface area contributed by atoms with Crippen LogP contribution in [0.15, 0.2) is 42.5 Å². The zero-order chi connectivity index (χ0) is 12.7. The molecule has 90 valence electrons. The Morgan fingerprint density at radius 2 is 1.72 bits per heavy atom. The van der Waals surface area contributed by atoms with Gasteiger partial charge in [0, 0.05) is 5.57 Å². The van der Waals surface area contributed by atoms with E-state index in [4.69, 9.17) is 0 Å². The van der Waals surface area contributed by atoms with Gasteiger partial charge in [-0.15, -0.1) is 0 Å². The van der Waals surface area contributed by atoms with Crippen LogP contribution in [0.1, 0.15) is 30.4 Å². The van der Waals surface area contributed by atoms with Crippen LogP contribution >= 0.6 is 0 Å². The highest BCUT2D eigenvalue weighted by atomic mass is 16.1. The van der Waals surface area contributed by atoms with Crippen LogP contribution in [0, 0.1) is 5.92 Å². The first-order valence-corrected chi connectivity index (χ1v) is 6.23. The van der Waals surface area contributed by atoms with Gasteiger partial charge in [0.05, 0.1) is 0 Å². The lowest BCUT2D eigenvalue weighted by molar-refractivity contribution is -0.113. The van der Waals surface area contributed by atoms with Crippen LogP contribution in [0.4, 0.5) is 0 Å². The van der Waals surface area contributed by atoms with Crippen molar-refractivity contribution in [2.75, 3.05) is 0 Å². The van der Waals surface area contributed by atoms with E-state index in [1.807, 2.05) is 12.1 Å². The molecule has 3 rings (SSSR count). The lowest BCUT2D eigenvalue weighted by Gasteiger charge is -2.08. The third-order valence-electron chi connectivity index (χ3n) is 3.71. The lowest BCUT2D eigenvalue weighted by atomic mass is 9.95. The van der Waals surface area contributed by atoms with E-state index in [0.717, 1.165) is 11.5 Å². The van der Waals surface area contributed by atoms with Gasteiger partial charge in [0.1, 0.15) is 0 Å². The van der Waals surface area contributed by atoms with Crippen molar-refractivity contribution in [1.29, 1.82) is 0 Å². The molecule has 0 aromatic heterocycles. The maximum absolute atomic E-state index is 11.7. The fourth-order valence-electron chi connectivity index (χ4n) is 2.43. The molecule has 0 heterocycles. The van der Waals surface area contributed by atoms with Crippen molar-refractivity contribution >= 4 is 17.1 Å². The predicted octanol–water partition coefficient (Wildman–Crippen LogP) is 2.90. The van der Waals surface area contributed by atoms with Gasteiger partial charge in [-0.1, -0.05) is 31.2 Å². The fourth-order valence-corrected chi connectivity index (χ4v) is 2.43. The molecular formula is C16H14O2. The number of ketones is 2. The number of carbonyl (C=O) groups excluding carboxylic acids is 2. The zero-order valence-corrected chi connectivity index (χ0v) is 10.2. The molecule has 0 aliphatic heterocycles. The predicted molar refractivity (Wildman–Crippen MR) is 70.1 cm³/mol. The normalized spacial score (nSPS) is 26.2. The van der Waals surface area contributed by atoms with E-state index >= 15 is 0 Å². The van der Waals surface area contributed by atoms with E-state index in [-0.39, 0.29) is 11.6 Å². The van der Waals surface area contributed by atoms with Crippen molar-refractivity contribution in [3.63, 3.8) is 0 Å². The summed E-state index contributed by atoms with van der Waals surface area (Å²) >= 11 is 0. The molecule has 0 radical (unpaired) electrons. The highest BCUT2D eigenvalue weighted by molar-refractivity contribution is 6.33. The number of allylic oxidation sites excluding steroid dienone is 4. The second-order valence-corrected chi connectivity index (χ2v) is 5.10. The first-order chi connectivity index (χ1) is 8.65. The van der Waals surface area contributed by atoms with Crippen molar-refractivity contribution in [2.24, 2.45) is 5.92 Å². The minimum absolute atomic E-state index is 0.0952. The maximum atomic E-state index is 11.7. The van der Waals surface area contributed by atoms with Crippen molar-refractivity contribution in [3.8, 4) is 0 Å². The second kappa shape index (κ2) is 4.05. The van der Waals surface area contributed by atoms with Crippen LogP contribution in [0.25, 0.3) is 5.57 Å². The Morgan fingerprint density at radius 1 is 1.06 bits per heavy atom. The van der Waals surface area contributed by atoms with E-state index in [9.17, 15) is 9.59 Å². The second-order valence-electron chi connectivity index (χ2n) is 5.10. The molecule has 1 aromatic rings. The number of hydrogen-bond donors (Lipinski definition) is 0. The van der Waals surface area contributed by atoms with Crippen molar-refractivity contribution in [1.82, 2.24) is 0 Å². The molecule has 0 bridgehead atoms. The van der Waals surface area contributed by atoms with Gasteiger partial charge in [-0.2, -0.15) is 0 Å². The molecule has 2 atom stereocenters. The molecule has 1 saturated carbocycles. The summed E-state index contributed by atoms with van der Waals surface area (Å²) in [5.41, 5.74) is 2.66. The third-order valence-corrected chi connectivity index (χ3v) is 3.71. The van der Waals surface area contributed by atoms with Gasteiger partial charge < -0.3 is 0 Å². The van der Waals surface area contributed by atoms with Crippen molar-refractivity contribution in [3.05, 3.63) is 53.6 Å². The van der Waals surface area contributed by atoms with E-state index in [0.29, 0.717) is 11.5 Å². The largest absolute Gasteiger partial charge is 0.290 e. The summed E-state index contributed by atoms with van der Waals surface area (Å²) < 4.78 is 0. The van der Waals surface area contributed by atoms with E-state index in [1.54, 1.807) is 0 Å². The summed E-state index contributed by atoms with van der Waals surface area (Å²) in [6.07, 6.45) is 5.32. The van der Waals surface area contributed by atoms with Gasteiger partial charge in [-0.25, -0.2) is 0 Å². The molecule has 0 spiro atoms. The first kappa shape index (κ1) is 11.1. The summed E-state index contributed by atoms with van der Waals surface area (Å²) in [7, 11) is 0. The van der Waals surface area contributed by atoms with Crippen molar-refractivity contribution < 1.29 is 9.59 Å². The number of carbonyl (C=O) groups is 2. The van der Waals surface area contributed by atoms with Crippen LogP contribution in [-0.4, -0.2) is 11.6 Å². The standard InChI is InChI=1S/C16H14O2/c1-10-8-14(10)11-2-4-12(5-3-11)15-9-13(17)6-7-16(15)18/h2-7,9-10,14H,8H2,1H3. The molecule has 2 aliphatic carbocycles. The molecule has 0 amide bonds. The van der Waals surface area contributed by atoms with Crippen LogP contribution in [0.3, 0.4) is 0 Å². The van der Waals surface area contributed by atoms with Crippen LogP contribution < -0.4 is 0 Å². The first-order valence-electron chi connectivity index (χ1n) is 6.23. The highest BCUT2D eigenvalue weighted by Gasteiger charge is 2.33. The van der Waals surface area contributed by atoms with Crippen LogP contribution in [-0.2, 0) is 9.59 Å². The highest BCUT2D eigenvalue weighted by Crippen LogP contribution is 2.46. The van der Waals surface area contributed by atoms with Gasteiger partial charge in [0.15, 0.2) is 11.6 Å². The summed E-state index contributed by atoms with van der Waals surface area (Å²) in [4.78, 5) is 23.0. The molecule has 2 unspecified atom stereocenters. The quantitative estimate of drug-likeness (QED) is 0.742. The Balaban J connectivity index is 1.89. The molecule has 2 nitrogen and oxygen atoms in total. The average molecular weight is 238 g/mol. The van der Waals surface area contributed by atoms with Gasteiger partial charge in [0.2, 0.25) is 0 Å².